The molecule has 0 spiro atoms. The van der Waals surface area contributed by atoms with E-state index in [-0.39, 0.29) is 0 Å². The number of benzene rings is 1. The predicted molar refractivity (Wildman–Crippen MR) is 87.9 cm³/mol. The van der Waals surface area contributed by atoms with Gasteiger partial charge in [-0.15, -0.1) is 0 Å². The van der Waals surface area contributed by atoms with Crippen LogP contribution in [-0.2, 0) is 6.42 Å². The number of imidazole rings is 1. The second kappa shape index (κ2) is 5.25. The normalized spacial score (nSPS) is 18.2. The van der Waals surface area contributed by atoms with Crippen LogP contribution in [0.1, 0.15) is 42.3 Å². The number of fused-ring (bicyclic) bond motifs is 3. The van der Waals surface area contributed by atoms with Crippen LogP contribution in [0.3, 0.4) is 0 Å². The Kier molecular flexibility index (Phi) is 3.23. The largest absolute Gasteiger partial charge is 0.387 e. The molecule has 1 unspecified atom stereocenters. The first-order valence-electron chi connectivity index (χ1n) is 7.99. The van der Waals surface area contributed by atoms with E-state index in [9.17, 15) is 5.11 Å². The fourth-order valence-corrected chi connectivity index (χ4v) is 3.40. The number of hydrogen-bond acceptors (Lipinski definition) is 2. The highest BCUT2D eigenvalue weighted by Crippen LogP contribution is 2.32. The number of aromatic nitrogens is 2. The number of aryl methyl sites for hydroxylation is 2. The third-order valence-electron chi connectivity index (χ3n) is 4.56. The van der Waals surface area contributed by atoms with Gasteiger partial charge in [-0.2, -0.15) is 0 Å². The molecular formula is C19H20N2O. The summed E-state index contributed by atoms with van der Waals surface area (Å²) in [6.07, 6.45) is 3.53. The molecule has 2 heterocycles. The summed E-state index contributed by atoms with van der Waals surface area (Å²) in [5, 5.41) is 10.6. The Morgan fingerprint density at radius 2 is 1.91 bits per heavy atom. The minimum Gasteiger partial charge on any atom is -0.387 e. The number of nitrogens with zero attached hydrogens (tertiary/aromatic N) is 2. The molecule has 1 aliphatic carbocycles. The van der Waals surface area contributed by atoms with Crippen LogP contribution in [0.2, 0.25) is 0 Å². The Morgan fingerprint density at radius 3 is 2.73 bits per heavy atom. The summed E-state index contributed by atoms with van der Waals surface area (Å²) < 4.78 is 2.15. The molecule has 22 heavy (non-hydrogen) atoms. The second-order valence-electron chi connectivity index (χ2n) is 6.18. The minimum absolute atomic E-state index is 0.418. The highest BCUT2D eigenvalue weighted by Gasteiger charge is 2.23. The molecule has 3 nitrogen and oxygen atoms in total. The summed E-state index contributed by atoms with van der Waals surface area (Å²) in [5.74, 6) is 0. The molecule has 112 valence electrons. The lowest BCUT2D eigenvalue weighted by atomic mass is 10.1. The number of hydrogen-bond donors (Lipinski definition) is 1. The van der Waals surface area contributed by atoms with Gasteiger partial charge in [-0.05, 0) is 43.9 Å². The van der Waals surface area contributed by atoms with Gasteiger partial charge in [0.2, 0.25) is 0 Å². The van der Waals surface area contributed by atoms with Gasteiger partial charge >= 0.3 is 0 Å². The van der Waals surface area contributed by atoms with Crippen molar-refractivity contribution in [1.82, 2.24) is 9.38 Å². The predicted octanol–water partition coefficient (Wildman–Crippen LogP) is 4.07. The maximum Gasteiger partial charge on any atom is 0.137 e. The van der Waals surface area contributed by atoms with Gasteiger partial charge in [0.1, 0.15) is 5.65 Å². The van der Waals surface area contributed by atoms with Crippen molar-refractivity contribution in [2.45, 2.75) is 38.7 Å². The van der Waals surface area contributed by atoms with Crippen molar-refractivity contribution in [1.29, 1.82) is 0 Å². The van der Waals surface area contributed by atoms with E-state index in [2.05, 4.69) is 41.7 Å². The third-order valence-corrected chi connectivity index (χ3v) is 4.56. The van der Waals surface area contributed by atoms with Gasteiger partial charge in [0.25, 0.3) is 0 Å². The molecule has 3 aromatic rings. The van der Waals surface area contributed by atoms with Crippen LogP contribution in [0.25, 0.3) is 16.9 Å². The molecule has 1 atom stereocenters. The Hall–Kier alpha value is -2.13. The van der Waals surface area contributed by atoms with Gasteiger partial charge in [-0.25, -0.2) is 4.98 Å². The van der Waals surface area contributed by atoms with E-state index in [0.717, 1.165) is 54.0 Å². The van der Waals surface area contributed by atoms with Crippen LogP contribution in [0, 0.1) is 6.92 Å². The molecule has 2 aromatic heterocycles. The molecule has 0 amide bonds. The Morgan fingerprint density at radius 1 is 1.09 bits per heavy atom. The van der Waals surface area contributed by atoms with Crippen LogP contribution >= 0.6 is 0 Å². The van der Waals surface area contributed by atoms with E-state index in [0.29, 0.717) is 0 Å². The van der Waals surface area contributed by atoms with Crippen molar-refractivity contribution in [2.75, 3.05) is 0 Å². The monoisotopic (exact) mass is 292 g/mol. The molecule has 3 heteroatoms. The van der Waals surface area contributed by atoms with Crippen molar-refractivity contribution in [3.63, 3.8) is 0 Å². The summed E-state index contributed by atoms with van der Waals surface area (Å²) in [4.78, 5) is 4.77. The Labute approximate surface area is 130 Å². The highest BCUT2D eigenvalue weighted by molar-refractivity contribution is 5.65. The topological polar surface area (TPSA) is 37.5 Å². The van der Waals surface area contributed by atoms with Crippen LogP contribution in [0.5, 0.6) is 0 Å². The number of rotatable bonds is 1. The van der Waals surface area contributed by atoms with E-state index in [4.69, 9.17) is 4.98 Å². The van der Waals surface area contributed by atoms with E-state index < -0.39 is 6.10 Å². The van der Waals surface area contributed by atoms with Crippen molar-refractivity contribution in [3.05, 3.63) is 59.4 Å². The molecule has 0 saturated heterocycles. The van der Waals surface area contributed by atoms with Crippen molar-refractivity contribution in [2.24, 2.45) is 0 Å². The van der Waals surface area contributed by atoms with E-state index in [1.807, 2.05) is 12.1 Å². The number of pyridine rings is 1. The van der Waals surface area contributed by atoms with E-state index in [1.54, 1.807) is 0 Å². The lowest BCUT2D eigenvalue weighted by Crippen LogP contribution is -2.04. The molecule has 0 aliphatic heterocycles. The minimum atomic E-state index is -0.418. The standard InChI is InChI=1S/C19H20N2O/c1-13-9-11-14(12-10-13)16-6-4-8-18-20-15-5-2-3-7-17(22)19(15)21(16)18/h4,6,8-12,17,22H,2-3,5,7H2,1H3. The molecular weight excluding hydrogens is 272 g/mol. The zero-order valence-corrected chi connectivity index (χ0v) is 12.8. The third kappa shape index (κ3) is 2.13. The summed E-state index contributed by atoms with van der Waals surface area (Å²) in [6.45, 7) is 2.09. The van der Waals surface area contributed by atoms with E-state index >= 15 is 0 Å². The van der Waals surface area contributed by atoms with E-state index in [1.165, 1.54) is 5.56 Å². The zero-order valence-electron chi connectivity index (χ0n) is 12.8. The molecule has 0 saturated carbocycles. The van der Waals surface area contributed by atoms with Crippen molar-refractivity contribution < 1.29 is 5.11 Å². The van der Waals surface area contributed by atoms with Gasteiger partial charge in [-0.1, -0.05) is 42.3 Å². The van der Waals surface area contributed by atoms with Crippen molar-refractivity contribution in [3.8, 4) is 11.3 Å². The number of aliphatic hydroxyl groups excluding tert-OH is 1. The summed E-state index contributed by atoms with van der Waals surface area (Å²) >= 11 is 0. The molecule has 1 aliphatic rings. The lowest BCUT2D eigenvalue weighted by Gasteiger charge is -2.13. The average molecular weight is 292 g/mol. The Balaban J connectivity index is 1.99. The smallest absolute Gasteiger partial charge is 0.137 e. The quantitative estimate of drug-likeness (QED) is 0.686. The van der Waals surface area contributed by atoms with Crippen molar-refractivity contribution >= 4 is 5.65 Å². The zero-order chi connectivity index (χ0) is 15.1. The van der Waals surface area contributed by atoms with Gasteiger partial charge in [0, 0.05) is 0 Å². The fourth-order valence-electron chi connectivity index (χ4n) is 3.40. The molecule has 4 rings (SSSR count). The van der Waals surface area contributed by atoms with Gasteiger partial charge in [0.05, 0.1) is 23.2 Å². The molecule has 1 N–H and O–H groups in total. The van der Waals surface area contributed by atoms with Crippen LogP contribution in [-0.4, -0.2) is 14.5 Å². The first-order chi connectivity index (χ1) is 10.7. The number of aliphatic hydroxyl groups is 1. The maximum absolute atomic E-state index is 10.6. The summed E-state index contributed by atoms with van der Waals surface area (Å²) in [7, 11) is 0. The lowest BCUT2D eigenvalue weighted by molar-refractivity contribution is 0.161. The van der Waals surface area contributed by atoms with Crippen LogP contribution < -0.4 is 0 Å². The SMILES string of the molecule is Cc1ccc(-c2cccc3nc4c(n23)C(O)CCCC4)cc1. The molecule has 0 bridgehead atoms. The summed E-state index contributed by atoms with van der Waals surface area (Å²) in [5.41, 5.74) is 6.50. The molecule has 0 radical (unpaired) electrons. The first-order valence-corrected chi connectivity index (χ1v) is 7.99. The fraction of sp³-hybridized carbons (Fsp3) is 0.316. The van der Waals surface area contributed by atoms with Gasteiger partial charge in [0.15, 0.2) is 0 Å². The second-order valence-corrected chi connectivity index (χ2v) is 6.18. The average Bonchev–Trinajstić information content (AvgIpc) is 2.81. The Bertz CT molecular complexity index is 817. The maximum atomic E-state index is 10.6. The highest BCUT2D eigenvalue weighted by atomic mass is 16.3. The first kappa shape index (κ1) is 13.5. The van der Waals surface area contributed by atoms with Crippen LogP contribution in [0.4, 0.5) is 0 Å². The molecule has 0 fully saturated rings. The molecule has 1 aromatic carbocycles. The van der Waals surface area contributed by atoms with Crippen LogP contribution in [0.15, 0.2) is 42.5 Å². The van der Waals surface area contributed by atoms with Gasteiger partial charge in [-0.3, -0.25) is 4.40 Å². The van der Waals surface area contributed by atoms with Gasteiger partial charge < -0.3 is 5.11 Å². The summed E-state index contributed by atoms with van der Waals surface area (Å²) in [6, 6.07) is 14.7.